The molecule has 0 radical (unpaired) electrons. The summed E-state index contributed by atoms with van der Waals surface area (Å²) >= 11 is 5.91. The minimum atomic E-state index is -4.64. The van der Waals surface area contributed by atoms with Gasteiger partial charge in [-0.25, -0.2) is 19.5 Å². The Kier molecular flexibility index (Phi) is 10.5. The van der Waals surface area contributed by atoms with E-state index in [1.807, 2.05) is 0 Å². The van der Waals surface area contributed by atoms with Crippen LogP contribution in [0.5, 0.6) is 5.88 Å². The Balaban J connectivity index is 1.45. The molecule has 2 aromatic heterocycles. The predicted molar refractivity (Wildman–Crippen MR) is 152 cm³/mol. The molecule has 1 N–H and O–H groups in total. The molecule has 0 spiro atoms. The molecular formula is C29H30ClF3N6O4. The summed E-state index contributed by atoms with van der Waals surface area (Å²) in [6.45, 7) is 1.70. The number of nitrogens with zero attached hydrogens (tertiary/aromatic N) is 5. The van der Waals surface area contributed by atoms with Gasteiger partial charge in [0.1, 0.15) is 19.0 Å². The number of aromatic nitrogens is 3. The van der Waals surface area contributed by atoms with E-state index in [9.17, 15) is 28.0 Å². The summed E-state index contributed by atoms with van der Waals surface area (Å²) in [5.74, 6) is -1.56. The van der Waals surface area contributed by atoms with Gasteiger partial charge in [0.25, 0.3) is 0 Å². The quantitative estimate of drug-likeness (QED) is 0.199. The van der Waals surface area contributed by atoms with Crippen molar-refractivity contribution < 1.29 is 32.3 Å². The molecule has 2 atom stereocenters. The van der Waals surface area contributed by atoms with E-state index in [-0.39, 0.29) is 44.8 Å². The van der Waals surface area contributed by atoms with Crippen molar-refractivity contribution >= 4 is 29.5 Å². The van der Waals surface area contributed by atoms with Crippen LogP contribution in [0.25, 0.3) is 6.08 Å². The van der Waals surface area contributed by atoms with Crippen molar-refractivity contribution in [2.45, 2.75) is 44.5 Å². The zero-order chi connectivity index (χ0) is 31.0. The van der Waals surface area contributed by atoms with Gasteiger partial charge in [-0.05, 0) is 42.8 Å². The van der Waals surface area contributed by atoms with Crippen molar-refractivity contribution in [3.63, 3.8) is 0 Å². The number of pyridine rings is 1. The summed E-state index contributed by atoms with van der Waals surface area (Å²) in [5, 5.41) is 18.7. The monoisotopic (exact) mass is 618 g/mol. The molecule has 0 bridgehead atoms. The van der Waals surface area contributed by atoms with Crippen LogP contribution in [0.2, 0.25) is 5.02 Å². The fourth-order valence-corrected chi connectivity index (χ4v) is 4.77. The van der Waals surface area contributed by atoms with E-state index >= 15 is 0 Å². The standard InChI is InChI=1S/C29H30ClF3N6O4/c1-2-39(42,38-15-12-23(13-16-38)43-27-18-25(29(31,32)33)35-19-36-27)28(41)24(17-22-5-3-4-14-34-22)37-26(40)11-8-20-6-9-21(30)10-7-20/h3-11,14,18-19,23-24H,2,12-13,15-17H2,1H3,(H,37,40). The van der Waals surface area contributed by atoms with E-state index in [1.54, 1.807) is 61.7 Å². The van der Waals surface area contributed by atoms with E-state index in [0.29, 0.717) is 10.7 Å². The minimum absolute atomic E-state index is 0.00271. The maximum atomic E-state index is 14.1. The number of carbonyl (C=O) groups excluding carboxylic acids is 2. The summed E-state index contributed by atoms with van der Waals surface area (Å²) in [7, 11) is 0. The molecular weight excluding hydrogens is 589 g/mol. The van der Waals surface area contributed by atoms with Gasteiger partial charge in [-0.3, -0.25) is 9.78 Å². The number of carbonyl (C=O) groups is 2. The van der Waals surface area contributed by atoms with Gasteiger partial charge >= 0.3 is 12.1 Å². The Morgan fingerprint density at radius 1 is 1.16 bits per heavy atom. The lowest BCUT2D eigenvalue weighted by Crippen LogP contribution is -2.66. The normalized spacial score (nSPS) is 16.9. The number of piperidine rings is 1. The third kappa shape index (κ3) is 8.57. The molecule has 2 unspecified atom stereocenters. The third-order valence-electron chi connectivity index (χ3n) is 6.92. The largest absolute Gasteiger partial charge is 0.604 e. The highest BCUT2D eigenvalue weighted by Crippen LogP contribution is 2.30. The first-order valence-corrected chi connectivity index (χ1v) is 13.9. The fraction of sp³-hybridized carbons (Fsp3) is 0.345. The Morgan fingerprint density at radius 2 is 1.88 bits per heavy atom. The first-order chi connectivity index (χ1) is 20.5. The van der Waals surface area contributed by atoms with Gasteiger partial charge < -0.3 is 15.3 Å². The van der Waals surface area contributed by atoms with Gasteiger partial charge in [-0.1, -0.05) is 29.8 Å². The molecule has 1 aromatic carbocycles. The molecule has 0 saturated carbocycles. The van der Waals surface area contributed by atoms with E-state index in [1.165, 1.54) is 11.1 Å². The lowest BCUT2D eigenvalue weighted by Gasteiger charge is -2.49. The molecule has 4 rings (SSSR count). The number of quaternary nitrogens is 1. The molecule has 3 aromatic rings. The van der Waals surface area contributed by atoms with Gasteiger partial charge in [0, 0.05) is 48.3 Å². The van der Waals surface area contributed by atoms with Crippen LogP contribution in [0.4, 0.5) is 13.2 Å². The second-order valence-corrected chi connectivity index (χ2v) is 10.3. The van der Waals surface area contributed by atoms with Crippen LogP contribution < -0.4 is 10.1 Å². The highest BCUT2D eigenvalue weighted by molar-refractivity contribution is 6.30. The Labute approximate surface area is 251 Å². The number of likely N-dealkylation sites (N-methyl/N-ethyl adjacent to an activating group) is 1. The Morgan fingerprint density at radius 3 is 2.51 bits per heavy atom. The second-order valence-electron chi connectivity index (χ2n) is 9.84. The van der Waals surface area contributed by atoms with Crippen LogP contribution in [0.1, 0.15) is 36.7 Å². The lowest BCUT2D eigenvalue weighted by molar-refractivity contribution is -0.926. The Bertz CT molecular complexity index is 1420. The lowest BCUT2D eigenvalue weighted by atomic mass is 10.1. The summed E-state index contributed by atoms with van der Waals surface area (Å²) in [6.07, 6.45) is 0.539. The highest BCUT2D eigenvalue weighted by Gasteiger charge is 2.42. The number of ether oxygens (including phenoxy) is 1. The zero-order valence-electron chi connectivity index (χ0n) is 23.2. The summed E-state index contributed by atoms with van der Waals surface area (Å²) in [5.41, 5.74) is 0.114. The maximum Gasteiger partial charge on any atom is 0.433 e. The number of nitrogens with one attached hydrogen (secondary N) is 1. The fourth-order valence-electron chi connectivity index (χ4n) is 4.65. The Hall–Kier alpha value is -3.91. The van der Waals surface area contributed by atoms with Gasteiger partial charge in [0.05, 0.1) is 13.1 Å². The van der Waals surface area contributed by atoms with Crippen LogP contribution in [0.15, 0.2) is 67.1 Å². The van der Waals surface area contributed by atoms with Gasteiger partial charge in [0.2, 0.25) is 11.8 Å². The van der Waals surface area contributed by atoms with Crippen LogP contribution in [-0.2, 0) is 22.2 Å². The van der Waals surface area contributed by atoms with Crippen molar-refractivity contribution in [1.29, 1.82) is 0 Å². The average Bonchev–Trinajstić information content (AvgIpc) is 3.00. The molecule has 2 amide bonds. The van der Waals surface area contributed by atoms with Crippen LogP contribution in [0, 0.1) is 5.21 Å². The van der Waals surface area contributed by atoms with Gasteiger partial charge in [0.15, 0.2) is 11.7 Å². The molecule has 14 heteroatoms. The molecule has 3 heterocycles. The summed E-state index contributed by atoms with van der Waals surface area (Å²) in [6, 6.07) is 11.5. The average molecular weight is 619 g/mol. The number of hydroxylamine groups is 2. The van der Waals surface area contributed by atoms with Crippen molar-refractivity contribution in [3.8, 4) is 5.88 Å². The van der Waals surface area contributed by atoms with Crippen molar-refractivity contribution in [1.82, 2.24) is 25.3 Å². The second kappa shape index (κ2) is 14.0. The summed E-state index contributed by atoms with van der Waals surface area (Å²) in [4.78, 5) is 37.9. The number of hydrogen-bond acceptors (Lipinski definition) is 8. The molecule has 43 heavy (non-hydrogen) atoms. The van der Waals surface area contributed by atoms with Gasteiger partial charge in [-0.15, -0.1) is 5.01 Å². The topological polar surface area (TPSA) is 120 Å². The van der Waals surface area contributed by atoms with E-state index < -0.39 is 40.6 Å². The number of benzene rings is 1. The van der Waals surface area contributed by atoms with E-state index in [4.69, 9.17) is 16.3 Å². The first-order valence-electron chi connectivity index (χ1n) is 13.6. The van der Waals surface area contributed by atoms with Crippen molar-refractivity contribution in [2.75, 3.05) is 19.6 Å². The first kappa shape index (κ1) is 32.0. The minimum Gasteiger partial charge on any atom is -0.604 e. The van der Waals surface area contributed by atoms with Crippen LogP contribution in [-0.4, -0.2) is 68.3 Å². The number of hydrogen-bond donors (Lipinski definition) is 1. The smallest absolute Gasteiger partial charge is 0.433 e. The molecule has 1 aliphatic rings. The number of halogens is 4. The zero-order valence-corrected chi connectivity index (χ0v) is 24.0. The summed E-state index contributed by atoms with van der Waals surface area (Å²) < 4.78 is 43.3. The van der Waals surface area contributed by atoms with Crippen molar-refractivity contribution in [2.24, 2.45) is 0 Å². The van der Waals surface area contributed by atoms with E-state index in [0.717, 1.165) is 18.0 Å². The highest BCUT2D eigenvalue weighted by atomic mass is 35.5. The molecule has 1 fully saturated rings. The van der Waals surface area contributed by atoms with E-state index in [2.05, 4.69) is 20.3 Å². The third-order valence-corrected chi connectivity index (χ3v) is 7.17. The molecule has 1 aliphatic heterocycles. The molecule has 10 nitrogen and oxygen atoms in total. The molecule has 228 valence electrons. The van der Waals surface area contributed by atoms with Gasteiger partial charge in [-0.2, -0.15) is 13.2 Å². The molecule has 0 aliphatic carbocycles. The number of alkyl halides is 3. The maximum absolute atomic E-state index is 14.1. The predicted octanol–water partition coefficient (Wildman–Crippen LogP) is 4.60. The van der Waals surface area contributed by atoms with Crippen LogP contribution >= 0.6 is 11.6 Å². The van der Waals surface area contributed by atoms with Crippen LogP contribution in [0.3, 0.4) is 0 Å². The number of amides is 2. The molecule has 1 saturated heterocycles. The number of rotatable bonds is 10. The SMILES string of the molecule is CC[N+]([O-])(C(=O)C(Cc1ccccn1)NC(=O)C=Cc1ccc(Cl)cc1)N1CCC(Oc2cc(C(F)(F)F)ncn2)CC1. The van der Waals surface area contributed by atoms with Crippen molar-refractivity contribution in [3.05, 3.63) is 94.3 Å².